The topological polar surface area (TPSA) is 64.4 Å². The molecule has 1 rings (SSSR count). The second kappa shape index (κ2) is 6.65. The quantitative estimate of drug-likeness (QED) is 0.807. The summed E-state index contributed by atoms with van der Waals surface area (Å²) < 4.78 is 9.87. The molecule has 6 heteroatoms. The molecule has 0 bridgehead atoms. The molecular weight excluding hydrogens is 276 g/mol. The maximum absolute atomic E-state index is 11.8. The van der Waals surface area contributed by atoms with Crippen molar-refractivity contribution in [2.75, 3.05) is 19.0 Å². The fraction of sp³-hybridized carbons (Fsp3) is 0.600. The second-order valence-corrected chi connectivity index (χ2v) is 4.19. The van der Waals surface area contributed by atoms with Crippen LogP contribution in [0.5, 0.6) is 0 Å². The first-order valence-corrected chi connectivity index (χ1v) is 6.08. The Morgan fingerprint density at radius 2 is 2.50 bits per heavy atom. The van der Waals surface area contributed by atoms with Gasteiger partial charge in [0.2, 0.25) is 0 Å². The Morgan fingerprint density at radius 3 is 3.00 bits per heavy atom. The van der Waals surface area contributed by atoms with Gasteiger partial charge in [0.25, 0.3) is 5.91 Å². The molecule has 1 N–H and O–H groups in total. The van der Waals surface area contributed by atoms with Gasteiger partial charge in [0.05, 0.1) is 18.8 Å². The van der Waals surface area contributed by atoms with E-state index in [0.29, 0.717) is 17.9 Å². The van der Waals surface area contributed by atoms with E-state index in [1.807, 2.05) is 0 Å². The number of nitrogens with one attached hydrogen (secondary N) is 1. The summed E-state index contributed by atoms with van der Waals surface area (Å²) in [6, 6.07) is -0.00817. The first-order valence-electron chi connectivity index (χ1n) is 4.96. The Balaban J connectivity index is 2.58. The van der Waals surface area contributed by atoms with E-state index >= 15 is 0 Å². The van der Waals surface area contributed by atoms with Gasteiger partial charge in [-0.2, -0.15) is 0 Å². The molecule has 1 unspecified atom stereocenters. The summed E-state index contributed by atoms with van der Waals surface area (Å²) in [6.07, 6.45) is 2.23. The SMILES string of the molecule is COCC(CCBr)NC(=O)c1cnoc1C. The smallest absolute Gasteiger partial charge is 0.256 e. The lowest BCUT2D eigenvalue weighted by molar-refractivity contribution is 0.0894. The number of aryl methyl sites for hydroxylation is 1. The van der Waals surface area contributed by atoms with Gasteiger partial charge in [0.15, 0.2) is 0 Å². The molecule has 90 valence electrons. The molecule has 0 aliphatic carbocycles. The predicted octanol–water partition coefficient (Wildman–Crippen LogP) is 1.51. The van der Waals surface area contributed by atoms with Crippen molar-refractivity contribution >= 4 is 21.8 Å². The number of hydrogen-bond acceptors (Lipinski definition) is 4. The van der Waals surface area contributed by atoms with Crippen molar-refractivity contribution in [3.05, 3.63) is 17.5 Å². The molecule has 1 atom stereocenters. The van der Waals surface area contributed by atoms with Crippen LogP contribution in [0, 0.1) is 6.92 Å². The third-order valence-corrected chi connectivity index (χ3v) is 2.61. The van der Waals surface area contributed by atoms with E-state index in [9.17, 15) is 4.79 Å². The van der Waals surface area contributed by atoms with Gasteiger partial charge in [-0.1, -0.05) is 21.1 Å². The summed E-state index contributed by atoms with van der Waals surface area (Å²) in [4.78, 5) is 11.8. The van der Waals surface area contributed by atoms with E-state index in [1.54, 1.807) is 14.0 Å². The number of amides is 1. The lowest BCUT2D eigenvalue weighted by Gasteiger charge is -2.16. The summed E-state index contributed by atoms with van der Waals surface area (Å²) in [5.74, 6) is 0.342. The Kier molecular flexibility index (Phi) is 5.48. The third kappa shape index (κ3) is 3.61. The molecule has 0 spiro atoms. The lowest BCUT2D eigenvalue weighted by atomic mass is 10.2. The molecule has 0 aromatic carbocycles. The highest BCUT2D eigenvalue weighted by Gasteiger charge is 2.17. The van der Waals surface area contributed by atoms with Gasteiger partial charge in [-0.3, -0.25) is 4.79 Å². The number of methoxy groups -OCH3 is 1. The highest BCUT2D eigenvalue weighted by Crippen LogP contribution is 2.07. The molecular formula is C10H15BrN2O3. The summed E-state index contributed by atoms with van der Waals surface area (Å²) >= 11 is 3.34. The van der Waals surface area contributed by atoms with Crippen LogP contribution >= 0.6 is 15.9 Å². The number of hydrogen-bond donors (Lipinski definition) is 1. The summed E-state index contributed by atoms with van der Waals surface area (Å²) in [7, 11) is 1.61. The van der Waals surface area contributed by atoms with Crippen LogP contribution in [0.3, 0.4) is 0 Å². The fourth-order valence-electron chi connectivity index (χ4n) is 1.31. The van der Waals surface area contributed by atoms with Crippen LogP contribution < -0.4 is 5.32 Å². The van der Waals surface area contributed by atoms with Crippen molar-refractivity contribution in [3.63, 3.8) is 0 Å². The first kappa shape index (κ1) is 13.2. The zero-order valence-corrected chi connectivity index (χ0v) is 10.9. The largest absolute Gasteiger partial charge is 0.383 e. The molecule has 0 aliphatic heterocycles. The molecule has 0 radical (unpaired) electrons. The van der Waals surface area contributed by atoms with E-state index in [2.05, 4.69) is 26.4 Å². The fourth-order valence-corrected chi connectivity index (χ4v) is 1.86. The van der Waals surface area contributed by atoms with E-state index in [1.165, 1.54) is 6.20 Å². The van der Waals surface area contributed by atoms with Gasteiger partial charge >= 0.3 is 0 Å². The van der Waals surface area contributed by atoms with Crippen molar-refractivity contribution in [1.29, 1.82) is 0 Å². The Hall–Kier alpha value is -0.880. The number of carbonyl (C=O) groups excluding carboxylic acids is 1. The predicted molar refractivity (Wildman–Crippen MR) is 62.8 cm³/mol. The van der Waals surface area contributed by atoms with E-state index < -0.39 is 0 Å². The first-order chi connectivity index (χ1) is 7.69. The number of alkyl halides is 1. The minimum atomic E-state index is -0.179. The number of rotatable bonds is 6. The average Bonchev–Trinajstić information content (AvgIpc) is 2.65. The Morgan fingerprint density at radius 1 is 1.75 bits per heavy atom. The van der Waals surface area contributed by atoms with Gasteiger partial charge < -0.3 is 14.6 Å². The van der Waals surface area contributed by atoms with Gasteiger partial charge in [0.1, 0.15) is 11.3 Å². The summed E-state index contributed by atoms with van der Waals surface area (Å²) in [6.45, 7) is 2.19. The molecule has 16 heavy (non-hydrogen) atoms. The maximum Gasteiger partial charge on any atom is 0.256 e. The monoisotopic (exact) mass is 290 g/mol. The van der Waals surface area contributed by atoms with Crippen LogP contribution in [-0.4, -0.2) is 36.2 Å². The van der Waals surface area contributed by atoms with Crippen LogP contribution in [0.1, 0.15) is 22.5 Å². The van der Waals surface area contributed by atoms with Crippen LogP contribution in [0.25, 0.3) is 0 Å². The molecule has 0 aliphatic rings. The number of halogens is 1. The van der Waals surface area contributed by atoms with Crippen LogP contribution in [0.4, 0.5) is 0 Å². The average molecular weight is 291 g/mol. The summed E-state index contributed by atoms with van der Waals surface area (Å²) in [5.41, 5.74) is 0.468. The van der Waals surface area contributed by atoms with E-state index in [-0.39, 0.29) is 11.9 Å². The van der Waals surface area contributed by atoms with E-state index in [4.69, 9.17) is 9.26 Å². The van der Waals surface area contributed by atoms with Gasteiger partial charge in [-0.15, -0.1) is 0 Å². The number of nitrogens with zero attached hydrogens (tertiary/aromatic N) is 1. The van der Waals surface area contributed by atoms with Crippen LogP contribution in [0.15, 0.2) is 10.7 Å². The molecule has 1 amide bonds. The molecule has 5 nitrogen and oxygen atoms in total. The maximum atomic E-state index is 11.8. The molecule has 0 saturated carbocycles. The van der Waals surface area contributed by atoms with E-state index in [0.717, 1.165) is 11.8 Å². The van der Waals surface area contributed by atoms with Gasteiger partial charge in [-0.25, -0.2) is 0 Å². The van der Waals surface area contributed by atoms with Crippen molar-refractivity contribution in [1.82, 2.24) is 10.5 Å². The van der Waals surface area contributed by atoms with Gasteiger partial charge in [-0.05, 0) is 13.3 Å². The number of carbonyl (C=O) groups is 1. The highest BCUT2D eigenvalue weighted by molar-refractivity contribution is 9.09. The normalized spacial score (nSPS) is 12.4. The second-order valence-electron chi connectivity index (χ2n) is 3.40. The standard InChI is InChI=1S/C10H15BrN2O3/c1-7-9(5-12-16-7)10(14)13-8(3-4-11)6-15-2/h5,8H,3-4,6H2,1-2H3,(H,13,14). The minimum absolute atomic E-state index is 0.00817. The van der Waals surface area contributed by atoms with Crippen molar-refractivity contribution < 1.29 is 14.1 Å². The third-order valence-electron chi connectivity index (χ3n) is 2.16. The minimum Gasteiger partial charge on any atom is -0.383 e. The van der Waals surface area contributed by atoms with Crippen molar-refractivity contribution in [3.8, 4) is 0 Å². The van der Waals surface area contributed by atoms with Crippen molar-refractivity contribution in [2.24, 2.45) is 0 Å². The van der Waals surface area contributed by atoms with Crippen molar-refractivity contribution in [2.45, 2.75) is 19.4 Å². The Bertz CT molecular complexity index is 335. The lowest BCUT2D eigenvalue weighted by Crippen LogP contribution is -2.38. The number of ether oxygens (including phenoxy) is 1. The molecule has 1 aromatic heterocycles. The summed E-state index contributed by atoms with van der Waals surface area (Å²) in [5, 5.41) is 7.24. The Labute approximate surface area is 103 Å². The number of aromatic nitrogens is 1. The zero-order chi connectivity index (χ0) is 12.0. The molecule has 1 heterocycles. The van der Waals surface area contributed by atoms with Gasteiger partial charge in [0, 0.05) is 12.4 Å². The van der Waals surface area contributed by atoms with Crippen LogP contribution in [0.2, 0.25) is 0 Å². The van der Waals surface area contributed by atoms with Crippen LogP contribution in [-0.2, 0) is 4.74 Å². The highest BCUT2D eigenvalue weighted by atomic mass is 79.9. The molecule has 1 aromatic rings. The molecule has 0 saturated heterocycles. The molecule has 0 fully saturated rings. The zero-order valence-electron chi connectivity index (χ0n) is 9.33.